The molecule has 14 heavy (non-hydrogen) atoms. The van der Waals surface area contributed by atoms with E-state index in [0.29, 0.717) is 17.2 Å². The summed E-state index contributed by atoms with van der Waals surface area (Å²) in [6.07, 6.45) is 1.08. The number of anilines is 1. The molecule has 0 bridgehead atoms. The van der Waals surface area contributed by atoms with Crippen LogP contribution in [0.25, 0.3) is 0 Å². The molecule has 0 amide bonds. The van der Waals surface area contributed by atoms with E-state index in [1.165, 1.54) is 11.3 Å². The lowest BCUT2D eigenvalue weighted by Gasteiger charge is -2.12. The quantitative estimate of drug-likeness (QED) is 0.675. The number of rotatable bonds is 0. The predicted molar refractivity (Wildman–Crippen MR) is 54.9 cm³/mol. The smallest absolute Gasteiger partial charge is 0.130 e. The molecule has 2 unspecified atom stereocenters. The maximum absolute atomic E-state index is 5.89. The van der Waals surface area contributed by atoms with Crippen LogP contribution in [-0.4, -0.2) is 9.97 Å². The molecule has 0 saturated heterocycles. The summed E-state index contributed by atoms with van der Waals surface area (Å²) in [5, 5.41) is 0. The van der Waals surface area contributed by atoms with Gasteiger partial charge in [0.15, 0.2) is 0 Å². The van der Waals surface area contributed by atoms with Gasteiger partial charge < -0.3 is 5.73 Å². The number of nitrogens with two attached hydrogens (primary N) is 1. The molecular formula is C11H15N3. The molecule has 2 aliphatic carbocycles. The van der Waals surface area contributed by atoms with Crippen LogP contribution in [0.1, 0.15) is 36.8 Å². The Hall–Kier alpha value is -1.12. The first kappa shape index (κ1) is 8.21. The summed E-state index contributed by atoms with van der Waals surface area (Å²) >= 11 is 0. The molecule has 1 aromatic rings. The van der Waals surface area contributed by atoms with Gasteiger partial charge in [-0.25, -0.2) is 9.97 Å². The van der Waals surface area contributed by atoms with Crippen LogP contribution in [0.2, 0.25) is 0 Å². The molecule has 2 aliphatic rings. The van der Waals surface area contributed by atoms with E-state index in [2.05, 4.69) is 23.8 Å². The minimum atomic E-state index is 0.445. The van der Waals surface area contributed by atoms with Crippen LogP contribution in [-0.2, 0) is 6.42 Å². The van der Waals surface area contributed by atoms with E-state index in [1.54, 1.807) is 0 Å². The van der Waals surface area contributed by atoms with Crippen LogP contribution in [0.5, 0.6) is 0 Å². The largest absolute Gasteiger partial charge is 0.383 e. The second-order valence-electron chi connectivity index (χ2n) is 5.13. The Kier molecular flexibility index (Phi) is 1.23. The second kappa shape index (κ2) is 2.10. The topological polar surface area (TPSA) is 51.8 Å². The molecular weight excluding hydrogens is 174 g/mol. The number of aryl methyl sites for hydroxylation is 1. The number of nitrogens with zero attached hydrogens (tertiary/aromatic N) is 2. The van der Waals surface area contributed by atoms with E-state index in [4.69, 9.17) is 5.73 Å². The fourth-order valence-corrected chi connectivity index (χ4v) is 2.99. The van der Waals surface area contributed by atoms with Crippen LogP contribution in [0.4, 0.5) is 5.82 Å². The zero-order valence-corrected chi connectivity index (χ0v) is 8.83. The Labute approximate surface area is 83.8 Å². The summed E-state index contributed by atoms with van der Waals surface area (Å²) in [5.74, 6) is 2.91. The zero-order chi connectivity index (χ0) is 10.1. The highest BCUT2D eigenvalue weighted by Gasteiger charge is 2.63. The zero-order valence-electron chi connectivity index (χ0n) is 8.83. The van der Waals surface area contributed by atoms with Crippen molar-refractivity contribution in [3.05, 3.63) is 17.1 Å². The molecule has 0 spiro atoms. The fraction of sp³-hybridized carbons (Fsp3) is 0.636. The minimum Gasteiger partial charge on any atom is -0.383 e. The van der Waals surface area contributed by atoms with Gasteiger partial charge in [0.05, 0.1) is 5.69 Å². The summed E-state index contributed by atoms with van der Waals surface area (Å²) in [4.78, 5) is 8.76. The van der Waals surface area contributed by atoms with Crippen molar-refractivity contribution in [1.29, 1.82) is 0 Å². The van der Waals surface area contributed by atoms with Crippen LogP contribution in [0.15, 0.2) is 0 Å². The Morgan fingerprint density at radius 2 is 2.07 bits per heavy atom. The summed E-state index contributed by atoms with van der Waals surface area (Å²) in [6.45, 7) is 6.55. The standard InChI is InChI=1S/C11H15N3/c1-5-13-9-6(10(12)14-5)4-7-8(9)11(7,2)3/h7-8H,4H2,1-3H3,(H2,12,13,14). The molecule has 1 heterocycles. The lowest BCUT2D eigenvalue weighted by molar-refractivity contribution is 0.536. The lowest BCUT2D eigenvalue weighted by Crippen LogP contribution is -2.08. The minimum absolute atomic E-state index is 0.445. The highest BCUT2D eigenvalue weighted by atomic mass is 15.0. The molecule has 1 saturated carbocycles. The third-order valence-corrected chi connectivity index (χ3v) is 3.95. The molecule has 3 heteroatoms. The van der Waals surface area contributed by atoms with Crippen molar-refractivity contribution in [2.75, 3.05) is 5.73 Å². The first-order valence-corrected chi connectivity index (χ1v) is 5.14. The Morgan fingerprint density at radius 3 is 2.79 bits per heavy atom. The molecule has 0 aromatic carbocycles. The maximum Gasteiger partial charge on any atom is 0.130 e. The van der Waals surface area contributed by atoms with Gasteiger partial charge >= 0.3 is 0 Å². The van der Waals surface area contributed by atoms with E-state index in [-0.39, 0.29) is 0 Å². The lowest BCUT2D eigenvalue weighted by atomic mass is 9.98. The normalized spacial score (nSPS) is 31.1. The highest BCUT2D eigenvalue weighted by molar-refractivity contribution is 5.52. The van der Waals surface area contributed by atoms with Gasteiger partial charge in [0.1, 0.15) is 11.6 Å². The molecule has 2 atom stereocenters. The predicted octanol–water partition coefficient (Wildman–Crippen LogP) is 1.66. The summed E-state index contributed by atoms with van der Waals surface area (Å²) in [5.41, 5.74) is 8.78. The van der Waals surface area contributed by atoms with Gasteiger partial charge in [-0.15, -0.1) is 0 Å². The van der Waals surface area contributed by atoms with Crippen molar-refractivity contribution >= 4 is 5.82 Å². The average molecular weight is 189 g/mol. The van der Waals surface area contributed by atoms with Crippen molar-refractivity contribution in [2.45, 2.75) is 33.1 Å². The van der Waals surface area contributed by atoms with Crippen molar-refractivity contribution in [1.82, 2.24) is 9.97 Å². The van der Waals surface area contributed by atoms with Gasteiger partial charge in [-0.2, -0.15) is 0 Å². The summed E-state index contributed by atoms with van der Waals surface area (Å²) in [6, 6.07) is 0. The Balaban J connectivity index is 2.16. The number of hydrogen-bond acceptors (Lipinski definition) is 3. The number of nitrogen functional groups attached to an aromatic ring is 1. The van der Waals surface area contributed by atoms with Crippen LogP contribution >= 0.6 is 0 Å². The molecule has 1 aromatic heterocycles. The third-order valence-electron chi connectivity index (χ3n) is 3.95. The van der Waals surface area contributed by atoms with Gasteiger partial charge in [-0.05, 0) is 24.7 Å². The molecule has 2 N–H and O–H groups in total. The Bertz CT molecular complexity index is 423. The molecule has 3 rings (SSSR count). The van der Waals surface area contributed by atoms with E-state index >= 15 is 0 Å². The monoisotopic (exact) mass is 189 g/mol. The van der Waals surface area contributed by atoms with Crippen molar-refractivity contribution in [3.63, 3.8) is 0 Å². The number of hydrogen-bond donors (Lipinski definition) is 1. The molecule has 74 valence electrons. The molecule has 1 fully saturated rings. The molecule has 0 radical (unpaired) electrons. The third kappa shape index (κ3) is 0.781. The number of aromatic nitrogens is 2. The SMILES string of the molecule is Cc1nc(N)c2c(n1)C1C(C2)C1(C)C. The van der Waals surface area contributed by atoms with Gasteiger partial charge in [-0.1, -0.05) is 13.8 Å². The maximum atomic E-state index is 5.89. The fourth-order valence-electron chi connectivity index (χ4n) is 2.99. The van der Waals surface area contributed by atoms with Gasteiger partial charge in [0.25, 0.3) is 0 Å². The average Bonchev–Trinajstić information content (AvgIpc) is 2.47. The van der Waals surface area contributed by atoms with Gasteiger partial charge in [0.2, 0.25) is 0 Å². The van der Waals surface area contributed by atoms with Crippen LogP contribution < -0.4 is 5.73 Å². The van der Waals surface area contributed by atoms with Crippen LogP contribution in [0, 0.1) is 18.3 Å². The first-order valence-electron chi connectivity index (χ1n) is 5.14. The second-order valence-corrected chi connectivity index (χ2v) is 5.13. The Morgan fingerprint density at radius 1 is 1.36 bits per heavy atom. The highest BCUT2D eigenvalue weighted by Crippen LogP contribution is 2.69. The summed E-state index contributed by atoms with van der Waals surface area (Å²) < 4.78 is 0. The summed E-state index contributed by atoms with van der Waals surface area (Å²) in [7, 11) is 0. The van der Waals surface area contributed by atoms with Crippen LogP contribution in [0.3, 0.4) is 0 Å². The van der Waals surface area contributed by atoms with Crippen molar-refractivity contribution in [3.8, 4) is 0 Å². The first-order chi connectivity index (χ1) is 6.51. The van der Waals surface area contributed by atoms with Crippen molar-refractivity contribution in [2.24, 2.45) is 11.3 Å². The van der Waals surface area contributed by atoms with E-state index in [0.717, 1.165) is 18.2 Å². The van der Waals surface area contributed by atoms with E-state index in [9.17, 15) is 0 Å². The van der Waals surface area contributed by atoms with E-state index < -0.39 is 0 Å². The van der Waals surface area contributed by atoms with E-state index in [1.807, 2.05) is 6.92 Å². The molecule has 3 nitrogen and oxygen atoms in total. The van der Waals surface area contributed by atoms with Gasteiger partial charge in [0, 0.05) is 11.5 Å². The molecule has 0 aliphatic heterocycles. The van der Waals surface area contributed by atoms with Gasteiger partial charge in [-0.3, -0.25) is 0 Å². The number of fused-ring (bicyclic) bond motifs is 3. The van der Waals surface area contributed by atoms with Crippen molar-refractivity contribution < 1.29 is 0 Å².